The maximum Gasteiger partial charge on any atom is 0.387 e. The number of ether oxygens (including phenoxy) is 1. The predicted octanol–water partition coefficient (Wildman–Crippen LogP) is 4.11. The van der Waals surface area contributed by atoms with Gasteiger partial charge in [-0.1, -0.05) is 12.1 Å². The zero-order chi connectivity index (χ0) is 15.6. The molecule has 2 aromatic rings. The standard InChI is InChI=1S/C15H10F4O2/c1-8-5-11(13(17)7-12(8)16)14(20)9-3-2-4-10(6-9)21-15(18)19/h2-7,15H,1H3. The van der Waals surface area contributed by atoms with E-state index in [1.165, 1.54) is 25.1 Å². The second-order valence-electron chi connectivity index (χ2n) is 4.32. The van der Waals surface area contributed by atoms with Gasteiger partial charge in [-0.25, -0.2) is 8.78 Å². The highest BCUT2D eigenvalue weighted by atomic mass is 19.3. The molecule has 0 radical (unpaired) electrons. The fourth-order valence-corrected chi connectivity index (χ4v) is 1.80. The van der Waals surface area contributed by atoms with Gasteiger partial charge in [0.2, 0.25) is 0 Å². The Bertz CT molecular complexity index is 683. The molecule has 0 spiro atoms. The normalized spacial score (nSPS) is 10.8. The van der Waals surface area contributed by atoms with Crippen LogP contribution in [0.3, 0.4) is 0 Å². The zero-order valence-electron chi connectivity index (χ0n) is 10.9. The Morgan fingerprint density at radius 2 is 1.81 bits per heavy atom. The van der Waals surface area contributed by atoms with Crippen molar-refractivity contribution in [3.8, 4) is 5.75 Å². The van der Waals surface area contributed by atoms with Gasteiger partial charge in [0.15, 0.2) is 5.78 Å². The fraction of sp³-hybridized carbons (Fsp3) is 0.133. The molecule has 0 heterocycles. The van der Waals surface area contributed by atoms with Gasteiger partial charge < -0.3 is 4.74 Å². The molecule has 0 saturated carbocycles. The van der Waals surface area contributed by atoms with Crippen molar-refractivity contribution in [3.63, 3.8) is 0 Å². The molecule has 6 heteroatoms. The lowest BCUT2D eigenvalue weighted by molar-refractivity contribution is -0.0498. The van der Waals surface area contributed by atoms with E-state index in [1.54, 1.807) is 0 Å². The Kier molecular flexibility index (Phi) is 4.26. The van der Waals surface area contributed by atoms with Crippen LogP contribution < -0.4 is 4.74 Å². The number of rotatable bonds is 4. The summed E-state index contributed by atoms with van der Waals surface area (Å²) >= 11 is 0. The minimum Gasteiger partial charge on any atom is -0.435 e. The summed E-state index contributed by atoms with van der Waals surface area (Å²) in [5, 5.41) is 0. The quantitative estimate of drug-likeness (QED) is 0.627. The van der Waals surface area contributed by atoms with Gasteiger partial charge in [0, 0.05) is 11.6 Å². The molecule has 110 valence electrons. The van der Waals surface area contributed by atoms with Crippen LogP contribution in [0.1, 0.15) is 21.5 Å². The topological polar surface area (TPSA) is 26.3 Å². The highest BCUT2D eigenvalue weighted by molar-refractivity contribution is 6.09. The molecule has 0 amide bonds. The zero-order valence-corrected chi connectivity index (χ0v) is 10.9. The van der Waals surface area contributed by atoms with E-state index in [2.05, 4.69) is 4.74 Å². The SMILES string of the molecule is Cc1cc(C(=O)c2cccc(OC(F)F)c2)c(F)cc1F. The first kappa shape index (κ1) is 15.0. The van der Waals surface area contributed by atoms with E-state index >= 15 is 0 Å². The van der Waals surface area contributed by atoms with E-state index < -0.39 is 24.0 Å². The van der Waals surface area contributed by atoms with Crippen molar-refractivity contribution in [2.45, 2.75) is 13.5 Å². The third-order valence-electron chi connectivity index (χ3n) is 2.81. The lowest BCUT2D eigenvalue weighted by atomic mass is 10.0. The van der Waals surface area contributed by atoms with Gasteiger partial charge >= 0.3 is 6.61 Å². The van der Waals surface area contributed by atoms with Crippen LogP contribution in [-0.4, -0.2) is 12.4 Å². The van der Waals surface area contributed by atoms with Gasteiger partial charge in [-0.3, -0.25) is 4.79 Å². The number of aryl methyl sites for hydroxylation is 1. The van der Waals surface area contributed by atoms with Crippen molar-refractivity contribution in [2.24, 2.45) is 0 Å². The molecule has 0 N–H and O–H groups in total. The number of hydrogen-bond donors (Lipinski definition) is 0. The largest absolute Gasteiger partial charge is 0.435 e. The Morgan fingerprint density at radius 3 is 2.48 bits per heavy atom. The molecule has 0 aliphatic carbocycles. The van der Waals surface area contributed by atoms with Gasteiger partial charge in [-0.15, -0.1) is 0 Å². The number of hydrogen-bond acceptors (Lipinski definition) is 2. The molecule has 2 nitrogen and oxygen atoms in total. The van der Waals surface area contributed by atoms with E-state index in [9.17, 15) is 22.4 Å². The molecule has 2 aromatic carbocycles. The maximum absolute atomic E-state index is 13.7. The molecule has 2 rings (SSSR count). The van der Waals surface area contributed by atoms with Gasteiger partial charge in [0.05, 0.1) is 5.56 Å². The summed E-state index contributed by atoms with van der Waals surface area (Å²) in [7, 11) is 0. The highest BCUT2D eigenvalue weighted by Gasteiger charge is 2.17. The molecule has 0 atom stereocenters. The summed E-state index contributed by atoms with van der Waals surface area (Å²) in [6.07, 6.45) is 0. The Balaban J connectivity index is 2.38. The molecule has 0 saturated heterocycles. The van der Waals surface area contributed by atoms with E-state index in [0.29, 0.717) is 6.07 Å². The van der Waals surface area contributed by atoms with Crippen LogP contribution in [0, 0.1) is 18.6 Å². The first-order valence-electron chi connectivity index (χ1n) is 5.93. The van der Waals surface area contributed by atoms with Crippen LogP contribution in [0.2, 0.25) is 0 Å². The molecular weight excluding hydrogens is 288 g/mol. The summed E-state index contributed by atoms with van der Waals surface area (Å²) in [5.74, 6) is -2.73. The average Bonchev–Trinajstić information content (AvgIpc) is 2.41. The molecule has 21 heavy (non-hydrogen) atoms. The number of carbonyl (C=O) groups is 1. The molecule has 0 unspecified atom stereocenters. The minimum atomic E-state index is -3.03. The molecule has 0 aromatic heterocycles. The number of halogens is 4. The minimum absolute atomic E-state index is 0.0296. The van der Waals surface area contributed by atoms with Crippen LogP contribution in [0.4, 0.5) is 17.6 Å². The Morgan fingerprint density at radius 1 is 1.10 bits per heavy atom. The van der Waals surface area contributed by atoms with E-state index in [4.69, 9.17) is 0 Å². The van der Waals surface area contributed by atoms with Gasteiger partial charge in [-0.2, -0.15) is 8.78 Å². The summed E-state index contributed by atoms with van der Waals surface area (Å²) in [6.45, 7) is -1.64. The number of ketones is 1. The van der Waals surface area contributed by atoms with Crippen molar-refractivity contribution >= 4 is 5.78 Å². The maximum atomic E-state index is 13.7. The molecule has 0 fully saturated rings. The molecule has 0 bridgehead atoms. The smallest absolute Gasteiger partial charge is 0.387 e. The first-order chi connectivity index (χ1) is 9.88. The van der Waals surface area contributed by atoms with Gasteiger partial charge in [-0.05, 0) is 30.7 Å². The van der Waals surface area contributed by atoms with Crippen LogP contribution in [0.25, 0.3) is 0 Å². The van der Waals surface area contributed by atoms with Crippen LogP contribution in [0.5, 0.6) is 5.75 Å². The van der Waals surface area contributed by atoms with Crippen molar-refractivity contribution < 1.29 is 27.1 Å². The third kappa shape index (κ3) is 3.39. The number of carbonyl (C=O) groups excluding carboxylic acids is 1. The number of alkyl halides is 2. The predicted molar refractivity (Wildman–Crippen MR) is 67.6 cm³/mol. The van der Waals surface area contributed by atoms with E-state index in [-0.39, 0.29) is 22.4 Å². The monoisotopic (exact) mass is 298 g/mol. The second-order valence-corrected chi connectivity index (χ2v) is 4.32. The van der Waals surface area contributed by atoms with Gasteiger partial charge in [0.1, 0.15) is 17.4 Å². The lowest BCUT2D eigenvalue weighted by Crippen LogP contribution is -2.07. The summed E-state index contributed by atoms with van der Waals surface area (Å²) in [5.41, 5.74) is -0.249. The molecule has 0 aliphatic heterocycles. The first-order valence-corrected chi connectivity index (χ1v) is 5.93. The van der Waals surface area contributed by atoms with Crippen molar-refractivity contribution in [3.05, 3.63) is 64.7 Å². The Labute approximate surface area is 118 Å². The molecule has 0 aliphatic rings. The second kappa shape index (κ2) is 5.95. The lowest BCUT2D eigenvalue weighted by Gasteiger charge is -2.08. The average molecular weight is 298 g/mol. The summed E-state index contributed by atoms with van der Waals surface area (Å²) < 4.78 is 55.3. The Hall–Kier alpha value is -2.37. The van der Waals surface area contributed by atoms with Crippen molar-refractivity contribution in [1.29, 1.82) is 0 Å². The third-order valence-corrected chi connectivity index (χ3v) is 2.81. The van der Waals surface area contributed by atoms with Crippen LogP contribution in [0.15, 0.2) is 36.4 Å². The van der Waals surface area contributed by atoms with E-state index in [1.807, 2.05) is 0 Å². The van der Waals surface area contributed by atoms with Crippen LogP contribution >= 0.6 is 0 Å². The molecular formula is C15H10F4O2. The summed E-state index contributed by atoms with van der Waals surface area (Å²) in [6, 6.07) is 6.68. The van der Waals surface area contributed by atoms with E-state index in [0.717, 1.165) is 12.1 Å². The number of benzene rings is 2. The van der Waals surface area contributed by atoms with Crippen molar-refractivity contribution in [1.82, 2.24) is 0 Å². The van der Waals surface area contributed by atoms with Crippen LogP contribution in [-0.2, 0) is 0 Å². The van der Waals surface area contributed by atoms with Gasteiger partial charge in [0.25, 0.3) is 0 Å². The fourth-order valence-electron chi connectivity index (χ4n) is 1.80. The summed E-state index contributed by atoms with van der Waals surface area (Å²) in [4.78, 5) is 12.2. The van der Waals surface area contributed by atoms with Crippen molar-refractivity contribution in [2.75, 3.05) is 0 Å². The highest BCUT2D eigenvalue weighted by Crippen LogP contribution is 2.21.